The Morgan fingerprint density at radius 1 is 1.44 bits per heavy atom. The zero-order valence-corrected chi connectivity index (χ0v) is 11.8. The van der Waals surface area contributed by atoms with Crippen LogP contribution in [0.2, 0.25) is 10.0 Å². The van der Waals surface area contributed by atoms with Crippen LogP contribution < -0.4 is 5.32 Å². The van der Waals surface area contributed by atoms with Crippen LogP contribution >= 0.6 is 23.2 Å². The van der Waals surface area contributed by atoms with Crippen LogP contribution in [0.4, 0.5) is 0 Å². The van der Waals surface area contributed by atoms with Crippen LogP contribution in [0.1, 0.15) is 23.2 Å². The van der Waals surface area contributed by atoms with Gasteiger partial charge >= 0.3 is 0 Å². The molecule has 0 saturated carbocycles. The SMILES string of the molecule is CN(C(=O)c1cccc(Cl)c1Cl)[C@@H]1CCCNC1. The normalized spacial score (nSPS) is 19.6. The smallest absolute Gasteiger partial charge is 0.255 e. The fourth-order valence-electron chi connectivity index (χ4n) is 2.19. The van der Waals surface area contributed by atoms with Gasteiger partial charge in [-0.1, -0.05) is 29.3 Å². The summed E-state index contributed by atoms with van der Waals surface area (Å²) in [7, 11) is 1.82. The third kappa shape index (κ3) is 2.79. The highest BCUT2D eigenvalue weighted by molar-refractivity contribution is 6.43. The number of hydrogen-bond donors (Lipinski definition) is 1. The number of hydrogen-bond acceptors (Lipinski definition) is 2. The van der Waals surface area contributed by atoms with Crippen LogP contribution in [0.15, 0.2) is 18.2 Å². The van der Waals surface area contributed by atoms with E-state index in [-0.39, 0.29) is 11.9 Å². The molecule has 5 heteroatoms. The molecule has 1 N–H and O–H groups in total. The summed E-state index contributed by atoms with van der Waals surface area (Å²) in [5, 5.41) is 4.04. The number of piperidine rings is 1. The van der Waals surface area contributed by atoms with Crippen LogP contribution in [0.25, 0.3) is 0 Å². The summed E-state index contributed by atoms with van der Waals surface area (Å²) in [4.78, 5) is 14.1. The highest BCUT2D eigenvalue weighted by Crippen LogP contribution is 2.27. The molecule has 1 amide bonds. The van der Waals surface area contributed by atoms with Crippen molar-refractivity contribution in [1.29, 1.82) is 0 Å². The van der Waals surface area contributed by atoms with Gasteiger partial charge in [0.1, 0.15) is 0 Å². The summed E-state index contributed by atoms with van der Waals surface area (Å²) >= 11 is 12.0. The summed E-state index contributed by atoms with van der Waals surface area (Å²) in [6.45, 7) is 1.86. The van der Waals surface area contributed by atoms with Gasteiger partial charge in [-0.05, 0) is 31.5 Å². The Morgan fingerprint density at radius 2 is 2.22 bits per heavy atom. The molecule has 1 heterocycles. The predicted molar refractivity (Wildman–Crippen MR) is 74.4 cm³/mol. The minimum Gasteiger partial charge on any atom is -0.337 e. The second-order valence-corrected chi connectivity index (χ2v) is 5.30. The number of nitrogens with one attached hydrogen (secondary N) is 1. The lowest BCUT2D eigenvalue weighted by atomic mass is 10.1. The van der Waals surface area contributed by atoms with Gasteiger partial charge < -0.3 is 10.2 Å². The summed E-state index contributed by atoms with van der Waals surface area (Å²) in [6, 6.07) is 5.36. The van der Waals surface area contributed by atoms with Gasteiger partial charge in [0.05, 0.1) is 15.6 Å². The van der Waals surface area contributed by atoms with Crippen molar-refractivity contribution in [1.82, 2.24) is 10.2 Å². The van der Waals surface area contributed by atoms with Crippen LogP contribution in [-0.4, -0.2) is 37.0 Å². The van der Waals surface area contributed by atoms with Gasteiger partial charge in [0.15, 0.2) is 0 Å². The van der Waals surface area contributed by atoms with E-state index in [1.165, 1.54) is 0 Å². The molecule has 1 fully saturated rings. The Hall–Kier alpha value is -0.770. The molecule has 0 aliphatic carbocycles. The van der Waals surface area contributed by atoms with Crippen LogP contribution in [0.5, 0.6) is 0 Å². The van der Waals surface area contributed by atoms with E-state index in [9.17, 15) is 4.79 Å². The van der Waals surface area contributed by atoms with Crippen molar-refractivity contribution >= 4 is 29.1 Å². The highest BCUT2D eigenvalue weighted by Gasteiger charge is 2.24. The number of amides is 1. The largest absolute Gasteiger partial charge is 0.337 e. The molecule has 0 aromatic heterocycles. The third-order valence-corrected chi connectivity index (χ3v) is 4.14. The molecular formula is C13H16Cl2N2O. The lowest BCUT2D eigenvalue weighted by Gasteiger charge is -2.32. The molecule has 1 aliphatic rings. The first-order valence-corrected chi connectivity index (χ1v) is 6.78. The summed E-state index contributed by atoms with van der Waals surface area (Å²) in [5.41, 5.74) is 0.470. The van der Waals surface area contributed by atoms with Crippen LogP contribution in [0.3, 0.4) is 0 Å². The fraction of sp³-hybridized carbons (Fsp3) is 0.462. The first-order valence-electron chi connectivity index (χ1n) is 6.03. The molecule has 3 nitrogen and oxygen atoms in total. The van der Waals surface area contributed by atoms with Crippen molar-refractivity contribution in [2.45, 2.75) is 18.9 Å². The standard InChI is InChI=1S/C13H16Cl2N2O/c1-17(9-4-3-7-16-8-9)13(18)10-5-2-6-11(14)12(10)15/h2,5-6,9,16H,3-4,7-8H2,1H3/t9-/m1/s1. The van der Waals surface area contributed by atoms with E-state index in [1.807, 2.05) is 7.05 Å². The third-order valence-electron chi connectivity index (χ3n) is 3.32. The van der Waals surface area contributed by atoms with E-state index < -0.39 is 0 Å². The van der Waals surface area contributed by atoms with Crippen molar-refractivity contribution in [3.63, 3.8) is 0 Å². The number of carbonyl (C=O) groups excluding carboxylic acids is 1. The van der Waals surface area contributed by atoms with Crippen LogP contribution in [0, 0.1) is 0 Å². The molecule has 1 saturated heterocycles. The number of halogens is 2. The van der Waals surface area contributed by atoms with Crippen molar-refractivity contribution in [3.8, 4) is 0 Å². The summed E-state index contributed by atoms with van der Waals surface area (Å²) < 4.78 is 0. The maximum atomic E-state index is 12.4. The van der Waals surface area contributed by atoms with Gasteiger partial charge in [-0.25, -0.2) is 0 Å². The summed E-state index contributed by atoms with van der Waals surface area (Å²) in [6.07, 6.45) is 2.11. The van der Waals surface area contributed by atoms with Gasteiger partial charge in [-0.3, -0.25) is 4.79 Å². The number of benzene rings is 1. The molecule has 1 aromatic rings. The van der Waals surface area contributed by atoms with Crippen LogP contribution in [-0.2, 0) is 0 Å². The maximum absolute atomic E-state index is 12.4. The number of carbonyl (C=O) groups is 1. The van der Waals surface area contributed by atoms with E-state index in [4.69, 9.17) is 23.2 Å². The fourth-order valence-corrected chi connectivity index (χ4v) is 2.57. The van der Waals surface area contributed by atoms with Gasteiger partial charge in [0.2, 0.25) is 0 Å². The van der Waals surface area contributed by atoms with Gasteiger partial charge in [-0.15, -0.1) is 0 Å². The molecule has 98 valence electrons. The first kappa shape index (κ1) is 13.7. The molecule has 0 unspecified atom stereocenters. The lowest BCUT2D eigenvalue weighted by Crippen LogP contribution is -2.46. The molecule has 0 bridgehead atoms. The Kier molecular flexibility index (Phi) is 4.49. The van der Waals surface area contributed by atoms with Gasteiger partial charge in [0.25, 0.3) is 5.91 Å². The van der Waals surface area contributed by atoms with E-state index in [2.05, 4.69) is 5.32 Å². The molecule has 0 spiro atoms. The average Bonchev–Trinajstić information content (AvgIpc) is 2.41. The van der Waals surface area contributed by atoms with Gasteiger partial charge in [0, 0.05) is 19.6 Å². The van der Waals surface area contributed by atoms with Crippen molar-refractivity contribution < 1.29 is 4.79 Å². The molecule has 1 aliphatic heterocycles. The topological polar surface area (TPSA) is 32.3 Å². The minimum absolute atomic E-state index is 0.0730. The summed E-state index contributed by atoms with van der Waals surface area (Å²) in [5.74, 6) is -0.0730. The Bertz CT molecular complexity index is 445. The second-order valence-electron chi connectivity index (χ2n) is 4.52. The number of likely N-dealkylation sites (N-methyl/N-ethyl adjacent to an activating group) is 1. The molecule has 18 heavy (non-hydrogen) atoms. The number of rotatable bonds is 2. The van der Waals surface area contributed by atoms with Crippen molar-refractivity contribution in [2.24, 2.45) is 0 Å². The van der Waals surface area contributed by atoms with E-state index in [0.717, 1.165) is 25.9 Å². The number of nitrogens with zero attached hydrogens (tertiary/aromatic N) is 1. The quantitative estimate of drug-likeness (QED) is 0.907. The lowest BCUT2D eigenvalue weighted by molar-refractivity contribution is 0.0708. The zero-order valence-electron chi connectivity index (χ0n) is 10.2. The predicted octanol–water partition coefficient (Wildman–Crippen LogP) is 2.82. The molecule has 1 atom stereocenters. The van der Waals surface area contributed by atoms with Crippen molar-refractivity contribution in [3.05, 3.63) is 33.8 Å². The average molecular weight is 287 g/mol. The molecule has 2 rings (SSSR count). The van der Waals surface area contributed by atoms with E-state index in [0.29, 0.717) is 15.6 Å². The first-order chi connectivity index (χ1) is 8.61. The monoisotopic (exact) mass is 286 g/mol. The van der Waals surface area contributed by atoms with Crippen molar-refractivity contribution in [2.75, 3.05) is 20.1 Å². The highest BCUT2D eigenvalue weighted by atomic mass is 35.5. The minimum atomic E-state index is -0.0730. The molecule has 1 aromatic carbocycles. The zero-order chi connectivity index (χ0) is 13.1. The van der Waals surface area contributed by atoms with Gasteiger partial charge in [-0.2, -0.15) is 0 Å². The van der Waals surface area contributed by atoms with E-state index in [1.54, 1.807) is 23.1 Å². The molecule has 0 radical (unpaired) electrons. The Balaban J connectivity index is 2.17. The van der Waals surface area contributed by atoms with E-state index >= 15 is 0 Å². The second kappa shape index (κ2) is 5.91. The maximum Gasteiger partial charge on any atom is 0.255 e. The Morgan fingerprint density at radius 3 is 2.89 bits per heavy atom. The molecular weight excluding hydrogens is 271 g/mol. The Labute approximate surface area is 117 Å².